The van der Waals surface area contributed by atoms with E-state index in [-0.39, 0.29) is 0 Å². The fraction of sp³-hybridized carbons (Fsp3) is 0.538. The second-order valence-corrected chi connectivity index (χ2v) is 4.50. The van der Waals surface area contributed by atoms with Gasteiger partial charge in [0, 0.05) is 0 Å². The van der Waals surface area contributed by atoms with Crippen molar-refractivity contribution in [2.24, 2.45) is 0 Å². The molecule has 2 heteroatoms. The predicted octanol–water partition coefficient (Wildman–Crippen LogP) is 2.79. The number of hydrogen-bond acceptors (Lipinski definition) is 2. The van der Waals surface area contributed by atoms with E-state index in [0.29, 0.717) is 6.61 Å². The van der Waals surface area contributed by atoms with Crippen molar-refractivity contribution in [1.29, 1.82) is 0 Å². The molecule has 1 N–H and O–H groups in total. The molecule has 0 radical (unpaired) electrons. The zero-order valence-corrected chi connectivity index (χ0v) is 9.79. The molecule has 0 atom stereocenters. The van der Waals surface area contributed by atoms with Crippen LogP contribution in [0.5, 0.6) is 5.75 Å². The molecule has 0 unspecified atom stereocenters. The fourth-order valence-corrected chi connectivity index (χ4v) is 1.30. The van der Waals surface area contributed by atoms with Crippen LogP contribution in [-0.4, -0.2) is 17.3 Å². The Labute approximate surface area is 91.9 Å². The van der Waals surface area contributed by atoms with Crippen LogP contribution in [0.15, 0.2) is 24.3 Å². The molecule has 0 aliphatic heterocycles. The van der Waals surface area contributed by atoms with Gasteiger partial charge in [0.2, 0.25) is 0 Å². The molecule has 0 bridgehead atoms. The van der Waals surface area contributed by atoms with Gasteiger partial charge in [-0.1, -0.05) is 25.5 Å². The van der Waals surface area contributed by atoms with Gasteiger partial charge in [-0.15, -0.1) is 0 Å². The summed E-state index contributed by atoms with van der Waals surface area (Å²) in [6, 6.07) is 8.06. The Bertz CT molecular complexity index is 282. The quantitative estimate of drug-likeness (QED) is 0.806. The normalized spacial score (nSPS) is 11.5. The maximum absolute atomic E-state index is 9.49. The third-order valence-corrected chi connectivity index (χ3v) is 2.05. The first-order valence-corrected chi connectivity index (χ1v) is 5.45. The Morgan fingerprint density at radius 1 is 1.20 bits per heavy atom. The Hall–Kier alpha value is -1.02. The van der Waals surface area contributed by atoms with Crippen molar-refractivity contribution in [3.05, 3.63) is 29.8 Å². The fourth-order valence-electron chi connectivity index (χ4n) is 1.30. The van der Waals surface area contributed by atoms with E-state index < -0.39 is 5.60 Å². The minimum atomic E-state index is -0.776. The van der Waals surface area contributed by atoms with Crippen molar-refractivity contribution in [2.45, 2.75) is 39.2 Å². The van der Waals surface area contributed by atoms with Crippen molar-refractivity contribution >= 4 is 0 Å². The lowest BCUT2D eigenvalue weighted by molar-refractivity contribution is 0.0285. The molecule has 1 aromatic carbocycles. The van der Waals surface area contributed by atoms with Gasteiger partial charge in [-0.05, 0) is 38.0 Å². The largest absolute Gasteiger partial charge is 0.491 e. The van der Waals surface area contributed by atoms with Crippen molar-refractivity contribution in [3.8, 4) is 5.75 Å². The lowest BCUT2D eigenvalue weighted by Gasteiger charge is -2.17. The molecule has 84 valence electrons. The highest BCUT2D eigenvalue weighted by Crippen LogP contribution is 2.15. The van der Waals surface area contributed by atoms with Crippen molar-refractivity contribution in [3.63, 3.8) is 0 Å². The minimum Gasteiger partial charge on any atom is -0.491 e. The molecule has 1 aromatic rings. The van der Waals surface area contributed by atoms with Crippen LogP contribution in [0.25, 0.3) is 0 Å². The van der Waals surface area contributed by atoms with Gasteiger partial charge in [0.25, 0.3) is 0 Å². The van der Waals surface area contributed by atoms with Crippen LogP contribution in [0, 0.1) is 0 Å². The molecule has 0 aliphatic rings. The second kappa shape index (κ2) is 5.17. The molecule has 15 heavy (non-hydrogen) atoms. The van der Waals surface area contributed by atoms with E-state index >= 15 is 0 Å². The van der Waals surface area contributed by atoms with E-state index in [4.69, 9.17) is 4.74 Å². The average molecular weight is 208 g/mol. The van der Waals surface area contributed by atoms with E-state index in [9.17, 15) is 5.11 Å². The summed E-state index contributed by atoms with van der Waals surface area (Å²) in [6.07, 6.45) is 2.26. The SMILES string of the molecule is CCCc1ccc(OCC(C)(C)O)cc1. The lowest BCUT2D eigenvalue weighted by atomic mass is 10.1. The maximum Gasteiger partial charge on any atom is 0.119 e. The molecule has 1 rings (SSSR count). The van der Waals surface area contributed by atoms with E-state index in [1.54, 1.807) is 13.8 Å². The molecule has 0 saturated heterocycles. The lowest BCUT2D eigenvalue weighted by Crippen LogP contribution is -2.27. The van der Waals surface area contributed by atoms with E-state index in [0.717, 1.165) is 18.6 Å². The molecule has 0 amide bonds. The molecular weight excluding hydrogens is 188 g/mol. The van der Waals surface area contributed by atoms with E-state index in [1.165, 1.54) is 5.56 Å². The average Bonchev–Trinajstić information content (AvgIpc) is 2.16. The van der Waals surface area contributed by atoms with Gasteiger partial charge in [0.1, 0.15) is 12.4 Å². The van der Waals surface area contributed by atoms with Crippen LogP contribution in [-0.2, 0) is 6.42 Å². The van der Waals surface area contributed by atoms with E-state index in [2.05, 4.69) is 19.1 Å². The first kappa shape index (κ1) is 12.1. The Morgan fingerprint density at radius 2 is 1.80 bits per heavy atom. The first-order chi connectivity index (χ1) is 7.01. The summed E-state index contributed by atoms with van der Waals surface area (Å²) in [5.41, 5.74) is 0.551. The van der Waals surface area contributed by atoms with Crippen LogP contribution in [0.3, 0.4) is 0 Å². The summed E-state index contributed by atoms with van der Waals surface area (Å²) in [6.45, 7) is 5.95. The first-order valence-electron chi connectivity index (χ1n) is 5.45. The maximum atomic E-state index is 9.49. The molecule has 0 aliphatic carbocycles. The van der Waals surface area contributed by atoms with Crippen LogP contribution in [0.1, 0.15) is 32.8 Å². The van der Waals surface area contributed by atoms with Crippen molar-refractivity contribution in [1.82, 2.24) is 0 Å². The van der Waals surface area contributed by atoms with Gasteiger partial charge in [-0.2, -0.15) is 0 Å². The van der Waals surface area contributed by atoms with Gasteiger partial charge < -0.3 is 9.84 Å². The number of ether oxygens (including phenoxy) is 1. The molecular formula is C13H20O2. The summed E-state index contributed by atoms with van der Waals surface area (Å²) >= 11 is 0. The highest BCUT2D eigenvalue weighted by atomic mass is 16.5. The zero-order chi connectivity index (χ0) is 11.3. The number of aliphatic hydroxyl groups is 1. The highest BCUT2D eigenvalue weighted by Gasteiger charge is 2.12. The second-order valence-electron chi connectivity index (χ2n) is 4.50. The van der Waals surface area contributed by atoms with Crippen LogP contribution in [0.4, 0.5) is 0 Å². The van der Waals surface area contributed by atoms with Gasteiger partial charge >= 0.3 is 0 Å². The molecule has 0 spiro atoms. The molecule has 0 heterocycles. The molecule has 2 nitrogen and oxygen atoms in total. The summed E-state index contributed by atoms with van der Waals surface area (Å²) in [5, 5.41) is 9.49. The molecule has 0 fully saturated rings. The molecule has 0 aromatic heterocycles. The highest BCUT2D eigenvalue weighted by molar-refractivity contribution is 5.27. The number of aryl methyl sites for hydroxylation is 1. The third kappa shape index (κ3) is 4.84. The van der Waals surface area contributed by atoms with Crippen LogP contribution in [0.2, 0.25) is 0 Å². The van der Waals surface area contributed by atoms with Gasteiger partial charge in [-0.3, -0.25) is 0 Å². The number of rotatable bonds is 5. The summed E-state index contributed by atoms with van der Waals surface area (Å²) in [7, 11) is 0. The van der Waals surface area contributed by atoms with Crippen molar-refractivity contribution in [2.75, 3.05) is 6.61 Å². The van der Waals surface area contributed by atoms with Crippen LogP contribution >= 0.6 is 0 Å². The Balaban J connectivity index is 2.50. The monoisotopic (exact) mass is 208 g/mol. The number of hydrogen-bond donors (Lipinski definition) is 1. The Kier molecular flexibility index (Phi) is 4.15. The summed E-state index contributed by atoms with van der Waals surface area (Å²) in [5.74, 6) is 0.817. The minimum absolute atomic E-state index is 0.320. The third-order valence-electron chi connectivity index (χ3n) is 2.05. The van der Waals surface area contributed by atoms with Gasteiger partial charge in [-0.25, -0.2) is 0 Å². The van der Waals surface area contributed by atoms with E-state index in [1.807, 2.05) is 12.1 Å². The molecule has 0 saturated carbocycles. The predicted molar refractivity (Wildman–Crippen MR) is 62.2 cm³/mol. The van der Waals surface area contributed by atoms with Gasteiger partial charge in [0.15, 0.2) is 0 Å². The zero-order valence-electron chi connectivity index (χ0n) is 9.79. The van der Waals surface area contributed by atoms with Crippen LogP contribution < -0.4 is 4.74 Å². The standard InChI is InChI=1S/C13H20O2/c1-4-5-11-6-8-12(9-7-11)15-10-13(2,3)14/h6-9,14H,4-5,10H2,1-3H3. The topological polar surface area (TPSA) is 29.5 Å². The van der Waals surface area contributed by atoms with Crippen molar-refractivity contribution < 1.29 is 9.84 Å². The smallest absolute Gasteiger partial charge is 0.119 e. The number of benzene rings is 1. The summed E-state index contributed by atoms with van der Waals surface area (Å²) in [4.78, 5) is 0. The Morgan fingerprint density at radius 3 is 2.27 bits per heavy atom. The summed E-state index contributed by atoms with van der Waals surface area (Å²) < 4.78 is 5.45. The van der Waals surface area contributed by atoms with Gasteiger partial charge in [0.05, 0.1) is 5.60 Å².